The van der Waals surface area contributed by atoms with Crippen molar-refractivity contribution in [2.45, 2.75) is 19.3 Å². The van der Waals surface area contributed by atoms with Crippen molar-refractivity contribution in [2.75, 3.05) is 0 Å². The quantitative estimate of drug-likeness (QED) is 0.667. The van der Waals surface area contributed by atoms with Crippen LogP contribution in [0.5, 0.6) is 5.75 Å². The molecule has 1 N–H and O–H groups in total. The van der Waals surface area contributed by atoms with Crippen LogP contribution < -0.4 is 0 Å². The molecular formula is C13H12O. The minimum atomic E-state index is 0.463. The van der Waals surface area contributed by atoms with Crippen LogP contribution in [0.2, 0.25) is 0 Å². The van der Waals surface area contributed by atoms with Gasteiger partial charge in [-0.25, -0.2) is 0 Å². The van der Waals surface area contributed by atoms with Gasteiger partial charge in [0.05, 0.1) is 0 Å². The molecule has 3 rings (SSSR count). The maximum absolute atomic E-state index is 9.77. The summed E-state index contributed by atoms with van der Waals surface area (Å²) in [5, 5.41) is 12.3. The highest BCUT2D eigenvalue weighted by Crippen LogP contribution is 2.34. The highest BCUT2D eigenvalue weighted by atomic mass is 16.3. The SMILES string of the molecule is Oc1ccc2cccc3c2c1CCC3. The predicted molar refractivity (Wildman–Crippen MR) is 57.6 cm³/mol. The third-order valence-electron chi connectivity index (χ3n) is 3.09. The number of benzene rings is 2. The van der Waals surface area contributed by atoms with Crippen molar-refractivity contribution in [3.8, 4) is 5.75 Å². The van der Waals surface area contributed by atoms with Crippen molar-refractivity contribution >= 4 is 10.8 Å². The van der Waals surface area contributed by atoms with Crippen molar-refractivity contribution in [1.82, 2.24) is 0 Å². The fourth-order valence-corrected chi connectivity index (χ4v) is 2.44. The normalized spacial score (nSPS) is 14.6. The predicted octanol–water partition coefficient (Wildman–Crippen LogP) is 3.03. The number of hydrogen-bond donors (Lipinski definition) is 1. The molecule has 0 saturated carbocycles. The van der Waals surface area contributed by atoms with Crippen LogP contribution in [0.15, 0.2) is 30.3 Å². The first-order valence-electron chi connectivity index (χ1n) is 5.09. The number of phenolic OH excluding ortho intramolecular Hbond substituents is 1. The van der Waals surface area contributed by atoms with Crippen molar-refractivity contribution in [1.29, 1.82) is 0 Å². The lowest BCUT2D eigenvalue weighted by Gasteiger charge is -2.17. The first-order chi connectivity index (χ1) is 6.86. The topological polar surface area (TPSA) is 20.2 Å². The molecule has 1 aliphatic carbocycles. The molecule has 0 unspecified atom stereocenters. The van der Waals surface area contributed by atoms with E-state index in [1.54, 1.807) is 0 Å². The molecule has 0 fully saturated rings. The molecule has 2 aromatic rings. The molecule has 0 bridgehead atoms. The molecular weight excluding hydrogens is 172 g/mol. The minimum Gasteiger partial charge on any atom is -0.508 e. The number of rotatable bonds is 0. The second kappa shape index (κ2) is 2.74. The van der Waals surface area contributed by atoms with Gasteiger partial charge in [-0.05, 0) is 41.7 Å². The summed E-state index contributed by atoms with van der Waals surface area (Å²) in [5.41, 5.74) is 2.53. The molecule has 0 heterocycles. The zero-order valence-electron chi connectivity index (χ0n) is 7.96. The van der Waals surface area contributed by atoms with E-state index in [9.17, 15) is 5.11 Å². The lowest BCUT2D eigenvalue weighted by Crippen LogP contribution is -2.01. The smallest absolute Gasteiger partial charge is 0.119 e. The largest absolute Gasteiger partial charge is 0.508 e. The standard InChI is InChI=1S/C13H12O/c14-12-8-7-10-4-1-3-9-5-2-6-11(12)13(9)10/h1,3-4,7-8,14H,2,5-6H2. The third-order valence-corrected chi connectivity index (χ3v) is 3.09. The number of aromatic hydroxyl groups is 1. The van der Waals surface area contributed by atoms with Crippen LogP contribution in [0, 0.1) is 0 Å². The summed E-state index contributed by atoms with van der Waals surface area (Å²) < 4.78 is 0. The average Bonchev–Trinajstić information content (AvgIpc) is 2.24. The minimum absolute atomic E-state index is 0.463. The first-order valence-corrected chi connectivity index (χ1v) is 5.09. The van der Waals surface area contributed by atoms with Crippen LogP contribution in [0.3, 0.4) is 0 Å². The van der Waals surface area contributed by atoms with Gasteiger partial charge in [-0.15, -0.1) is 0 Å². The molecule has 1 heteroatoms. The molecule has 0 radical (unpaired) electrons. The van der Waals surface area contributed by atoms with Crippen LogP contribution in [0.4, 0.5) is 0 Å². The van der Waals surface area contributed by atoms with Crippen LogP contribution in [-0.2, 0) is 12.8 Å². The van der Waals surface area contributed by atoms with Crippen LogP contribution in [0.25, 0.3) is 10.8 Å². The molecule has 14 heavy (non-hydrogen) atoms. The Morgan fingerprint density at radius 1 is 1.00 bits per heavy atom. The van der Waals surface area contributed by atoms with E-state index < -0.39 is 0 Å². The van der Waals surface area contributed by atoms with Gasteiger partial charge in [0.2, 0.25) is 0 Å². The molecule has 1 aliphatic rings. The molecule has 0 saturated heterocycles. The number of phenols is 1. The van der Waals surface area contributed by atoms with Crippen LogP contribution in [0.1, 0.15) is 17.5 Å². The number of hydrogen-bond acceptors (Lipinski definition) is 1. The Morgan fingerprint density at radius 2 is 1.93 bits per heavy atom. The summed E-state index contributed by atoms with van der Waals surface area (Å²) >= 11 is 0. The summed E-state index contributed by atoms with van der Waals surface area (Å²) in [7, 11) is 0. The molecule has 1 nitrogen and oxygen atoms in total. The maximum Gasteiger partial charge on any atom is 0.119 e. The fourth-order valence-electron chi connectivity index (χ4n) is 2.44. The van der Waals surface area contributed by atoms with E-state index in [1.165, 1.54) is 16.3 Å². The lowest BCUT2D eigenvalue weighted by atomic mass is 9.88. The molecule has 70 valence electrons. The average molecular weight is 184 g/mol. The summed E-state index contributed by atoms with van der Waals surface area (Å²) in [4.78, 5) is 0. The van der Waals surface area contributed by atoms with E-state index in [0.29, 0.717) is 5.75 Å². The van der Waals surface area contributed by atoms with E-state index in [1.807, 2.05) is 12.1 Å². The van der Waals surface area contributed by atoms with E-state index in [4.69, 9.17) is 0 Å². The Hall–Kier alpha value is -1.50. The van der Waals surface area contributed by atoms with Gasteiger partial charge in [0.15, 0.2) is 0 Å². The van der Waals surface area contributed by atoms with E-state index in [2.05, 4.69) is 18.2 Å². The lowest BCUT2D eigenvalue weighted by molar-refractivity contribution is 0.467. The zero-order chi connectivity index (χ0) is 9.54. The second-order valence-corrected chi connectivity index (χ2v) is 3.93. The highest BCUT2D eigenvalue weighted by molar-refractivity contribution is 5.91. The van der Waals surface area contributed by atoms with Crippen LogP contribution >= 0.6 is 0 Å². The van der Waals surface area contributed by atoms with Gasteiger partial charge in [0.25, 0.3) is 0 Å². The summed E-state index contributed by atoms with van der Waals surface area (Å²) in [6.07, 6.45) is 3.32. The monoisotopic (exact) mass is 184 g/mol. The first kappa shape index (κ1) is 7.86. The van der Waals surface area contributed by atoms with Gasteiger partial charge in [0, 0.05) is 5.56 Å². The van der Waals surface area contributed by atoms with E-state index in [-0.39, 0.29) is 0 Å². The van der Waals surface area contributed by atoms with Gasteiger partial charge < -0.3 is 5.11 Å². The Balaban J connectivity index is 2.50. The third kappa shape index (κ3) is 0.955. The van der Waals surface area contributed by atoms with E-state index in [0.717, 1.165) is 24.8 Å². The molecule has 0 aromatic heterocycles. The maximum atomic E-state index is 9.77. The van der Waals surface area contributed by atoms with Gasteiger partial charge in [-0.1, -0.05) is 24.3 Å². The van der Waals surface area contributed by atoms with Gasteiger partial charge in [-0.2, -0.15) is 0 Å². The summed E-state index contributed by atoms with van der Waals surface area (Å²) in [6.45, 7) is 0. The van der Waals surface area contributed by atoms with Gasteiger partial charge in [0.1, 0.15) is 5.75 Å². The van der Waals surface area contributed by atoms with Gasteiger partial charge >= 0.3 is 0 Å². The summed E-state index contributed by atoms with van der Waals surface area (Å²) in [6, 6.07) is 10.2. The molecule has 0 aliphatic heterocycles. The molecule has 0 amide bonds. The van der Waals surface area contributed by atoms with Crippen molar-refractivity contribution < 1.29 is 5.11 Å². The Morgan fingerprint density at radius 3 is 2.86 bits per heavy atom. The molecule has 2 aromatic carbocycles. The Labute approximate surface area is 83.0 Å². The fraction of sp³-hybridized carbons (Fsp3) is 0.231. The Bertz CT molecular complexity index is 500. The van der Waals surface area contributed by atoms with Crippen LogP contribution in [-0.4, -0.2) is 5.11 Å². The van der Waals surface area contributed by atoms with Crippen molar-refractivity contribution in [2.24, 2.45) is 0 Å². The molecule has 0 atom stereocenters. The number of aryl methyl sites for hydroxylation is 2. The van der Waals surface area contributed by atoms with E-state index >= 15 is 0 Å². The zero-order valence-corrected chi connectivity index (χ0v) is 7.96. The highest BCUT2D eigenvalue weighted by Gasteiger charge is 2.14. The second-order valence-electron chi connectivity index (χ2n) is 3.93. The molecule has 0 spiro atoms. The van der Waals surface area contributed by atoms with Crippen molar-refractivity contribution in [3.05, 3.63) is 41.5 Å². The summed E-state index contributed by atoms with van der Waals surface area (Å²) in [5.74, 6) is 0.463. The van der Waals surface area contributed by atoms with Crippen molar-refractivity contribution in [3.63, 3.8) is 0 Å². The Kier molecular flexibility index (Phi) is 1.54. The van der Waals surface area contributed by atoms with Gasteiger partial charge in [-0.3, -0.25) is 0 Å².